The fourth-order valence-electron chi connectivity index (χ4n) is 6.31. The van der Waals surface area contributed by atoms with E-state index in [4.69, 9.17) is 0 Å². The van der Waals surface area contributed by atoms with Crippen LogP contribution in [-0.4, -0.2) is 23.6 Å². The zero-order valence-electron chi connectivity index (χ0n) is 23.3. The van der Waals surface area contributed by atoms with Crippen LogP contribution in [0.15, 0.2) is 91.0 Å². The van der Waals surface area contributed by atoms with Crippen molar-refractivity contribution in [1.82, 2.24) is 0 Å². The summed E-state index contributed by atoms with van der Waals surface area (Å²) in [7, 11) is 0. The molecule has 202 valence electrons. The Kier molecular flexibility index (Phi) is 6.26. The number of anilines is 2. The molecule has 4 amide bonds. The molecule has 0 saturated carbocycles. The third-order valence-electron chi connectivity index (χ3n) is 7.89. The third-order valence-corrected chi connectivity index (χ3v) is 7.89. The maximum Gasteiger partial charge on any atom is 0.258 e. The van der Waals surface area contributed by atoms with Gasteiger partial charge in [-0.1, -0.05) is 66.7 Å². The smallest absolute Gasteiger partial charge is 0.258 e. The monoisotopic (exact) mass is 540 g/mol. The van der Waals surface area contributed by atoms with Gasteiger partial charge in [0.15, 0.2) is 0 Å². The van der Waals surface area contributed by atoms with E-state index in [0.717, 1.165) is 49.7 Å². The summed E-state index contributed by atoms with van der Waals surface area (Å²) in [5.74, 6) is -1.59. The van der Waals surface area contributed by atoms with E-state index in [1.165, 1.54) is 34.1 Å². The van der Waals surface area contributed by atoms with Gasteiger partial charge in [-0.2, -0.15) is 0 Å². The first-order valence-electron chi connectivity index (χ1n) is 13.5. The second kappa shape index (κ2) is 9.82. The predicted molar refractivity (Wildman–Crippen MR) is 160 cm³/mol. The van der Waals surface area contributed by atoms with Crippen LogP contribution in [0.3, 0.4) is 0 Å². The summed E-state index contributed by atoms with van der Waals surface area (Å²) in [6, 6.07) is 22.7. The van der Waals surface area contributed by atoms with E-state index in [-0.39, 0.29) is 29.5 Å². The van der Waals surface area contributed by atoms with Crippen LogP contribution in [0.4, 0.5) is 11.4 Å². The lowest BCUT2D eigenvalue weighted by Crippen LogP contribution is -2.31. The molecule has 0 atom stereocenters. The van der Waals surface area contributed by atoms with Crippen molar-refractivity contribution in [3.63, 3.8) is 0 Å². The van der Waals surface area contributed by atoms with E-state index in [0.29, 0.717) is 11.4 Å². The minimum Gasteiger partial charge on any atom is -0.269 e. The topological polar surface area (TPSA) is 74.8 Å². The molecular weight excluding hydrogens is 512 g/mol. The molecule has 4 aromatic carbocycles. The average molecular weight is 541 g/mol. The molecule has 0 N–H and O–H groups in total. The van der Waals surface area contributed by atoms with Gasteiger partial charge in [-0.15, -0.1) is 0 Å². The minimum atomic E-state index is -0.345. The Morgan fingerprint density at radius 1 is 0.512 bits per heavy atom. The molecule has 0 unspecified atom stereocenters. The van der Waals surface area contributed by atoms with Gasteiger partial charge < -0.3 is 0 Å². The number of hydrogen-bond acceptors (Lipinski definition) is 4. The number of nitrogens with zero attached hydrogens (tertiary/aromatic N) is 2. The van der Waals surface area contributed by atoms with Gasteiger partial charge in [0.1, 0.15) is 0 Å². The quantitative estimate of drug-likeness (QED) is 0.226. The summed E-state index contributed by atoms with van der Waals surface area (Å²) < 4.78 is 0. The van der Waals surface area contributed by atoms with Crippen LogP contribution in [0.1, 0.15) is 44.9 Å². The van der Waals surface area contributed by atoms with Crippen molar-refractivity contribution >= 4 is 45.8 Å². The van der Waals surface area contributed by atoms with Gasteiger partial charge in [-0.3, -0.25) is 19.2 Å². The summed E-state index contributed by atoms with van der Waals surface area (Å²) in [6.45, 7) is 7.67. The zero-order chi connectivity index (χ0) is 29.0. The average Bonchev–Trinajstić information content (AvgIpc) is 3.44. The molecule has 2 heterocycles. The van der Waals surface area contributed by atoms with Crippen molar-refractivity contribution in [2.45, 2.75) is 33.6 Å². The van der Waals surface area contributed by atoms with E-state index in [1.807, 2.05) is 70.2 Å². The molecule has 4 aromatic rings. The molecule has 0 bridgehead atoms. The Morgan fingerprint density at radius 3 is 1.34 bits per heavy atom. The highest BCUT2D eigenvalue weighted by molar-refractivity contribution is 6.29. The van der Waals surface area contributed by atoms with Crippen molar-refractivity contribution in [3.05, 3.63) is 130 Å². The Labute approximate surface area is 238 Å². The van der Waals surface area contributed by atoms with Crippen molar-refractivity contribution in [2.24, 2.45) is 0 Å². The lowest BCUT2D eigenvalue weighted by atomic mass is 9.80. The van der Waals surface area contributed by atoms with Crippen LogP contribution in [0.5, 0.6) is 0 Å². The van der Waals surface area contributed by atoms with Crippen LogP contribution >= 0.6 is 0 Å². The van der Waals surface area contributed by atoms with E-state index in [9.17, 15) is 19.2 Å². The molecular formula is C35H28N2O4. The molecule has 0 aliphatic carbocycles. The number of imide groups is 2. The van der Waals surface area contributed by atoms with Crippen molar-refractivity contribution < 1.29 is 19.2 Å². The van der Waals surface area contributed by atoms with E-state index in [1.54, 1.807) is 0 Å². The first-order chi connectivity index (χ1) is 19.7. The second-order valence-corrected chi connectivity index (χ2v) is 10.7. The van der Waals surface area contributed by atoms with E-state index >= 15 is 0 Å². The lowest BCUT2D eigenvalue weighted by Gasteiger charge is -2.27. The molecule has 0 aromatic heterocycles. The van der Waals surface area contributed by atoms with Crippen molar-refractivity contribution in [3.8, 4) is 0 Å². The van der Waals surface area contributed by atoms with Gasteiger partial charge in [0.2, 0.25) is 0 Å². The van der Waals surface area contributed by atoms with Crippen LogP contribution in [-0.2, 0) is 19.2 Å². The van der Waals surface area contributed by atoms with Gasteiger partial charge in [-0.25, -0.2) is 9.80 Å². The number of carbonyl (C=O) groups is 4. The zero-order valence-corrected chi connectivity index (χ0v) is 23.3. The molecule has 0 spiro atoms. The molecule has 6 heteroatoms. The normalized spacial score (nSPS) is 15.0. The highest BCUT2D eigenvalue weighted by Crippen LogP contribution is 2.41. The summed E-state index contributed by atoms with van der Waals surface area (Å²) in [4.78, 5) is 52.5. The predicted octanol–water partition coefficient (Wildman–Crippen LogP) is 6.11. The summed E-state index contributed by atoms with van der Waals surface area (Å²) in [5.41, 5.74) is 7.60. The number of benzene rings is 4. The molecule has 2 aliphatic heterocycles. The third kappa shape index (κ3) is 4.28. The number of hydrogen-bond donors (Lipinski definition) is 0. The highest BCUT2D eigenvalue weighted by atomic mass is 16.2. The Morgan fingerprint density at radius 2 is 0.902 bits per heavy atom. The van der Waals surface area contributed by atoms with E-state index < -0.39 is 0 Å². The summed E-state index contributed by atoms with van der Waals surface area (Å²) in [5, 5.41) is 2.23. The Hall–Kier alpha value is -5.10. The van der Waals surface area contributed by atoms with Crippen molar-refractivity contribution in [1.29, 1.82) is 0 Å². The fraction of sp³-hybridized carbons (Fsp3) is 0.143. The molecule has 0 fully saturated rings. The van der Waals surface area contributed by atoms with E-state index in [2.05, 4.69) is 24.3 Å². The second-order valence-electron chi connectivity index (χ2n) is 10.7. The molecule has 6 rings (SSSR count). The largest absolute Gasteiger partial charge is 0.269 e. The van der Waals surface area contributed by atoms with Crippen LogP contribution in [0, 0.1) is 27.7 Å². The molecule has 41 heavy (non-hydrogen) atoms. The van der Waals surface area contributed by atoms with Gasteiger partial charge in [0.25, 0.3) is 23.6 Å². The maximum atomic E-state index is 12.5. The maximum absolute atomic E-state index is 12.5. The van der Waals surface area contributed by atoms with Crippen molar-refractivity contribution in [2.75, 3.05) is 9.80 Å². The van der Waals surface area contributed by atoms with Crippen LogP contribution in [0.25, 0.3) is 10.8 Å². The first-order valence-corrected chi connectivity index (χ1v) is 13.5. The molecule has 6 nitrogen and oxygen atoms in total. The summed E-state index contributed by atoms with van der Waals surface area (Å²) >= 11 is 0. The standard InChI is InChI=1S/C35H28N2O4/c1-20-16-25(17-21(2)34(20)36-29(38)12-13-30(36)39)33(28-11-7-9-24-8-5-6-10-27(24)28)26-18-22(3)35(23(4)19-26)37-31(40)14-15-32(37)41/h5-19,33H,1-4H3. The van der Waals surface area contributed by atoms with Gasteiger partial charge in [-0.05, 0) is 77.4 Å². The van der Waals surface area contributed by atoms with Gasteiger partial charge >= 0.3 is 0 Å². The molecule has 2 aliphatic rings. The lowest BCUT2D eigenvalue weighted by molar-refractivity contribution is -0.121. The number of aryl methyl sites for hydroxylation is 4. The molecule has 0 radical (unpaired) electrons. The number of amides is 4. The number of carbonyl (C=O) groups excluding carboxylic acids is 4. The minimum absolute atomic E-state index is 0.204. The van der Waals surface area contributed by atoms with Crippen LogP contribution < -0.4 is 9.80 Å². The molecule has 0 saturated heterocycles. The highest BCUT2D eigenvalue weighted by Gasteiger charge is 2.31. The first kappa shape index (κ1) is 26.1. The summed E-state index contributed by atoms with van der Waals surface area (Å²) in [6.07, 6.45) is 5.19. The Balaban J connectivity index is 1.56. The fourth-order valence-corrected chi connectivity index (χ4v) is 6.31. The van der Waals surface area contributed by atoms with Crippen LogP contribution in [0.2, 0.25) is 0 Å². The Bertz CT molecular complexity index is 1700. The van der Waals surface area contributed by atoms with Gasteiger partial charge in [0, 0.05) is 30.2 Å². The SMILES string of the molecule is Cc1cc(C(c2cc(C)c(N3C(=O)C=CC3=O)c(C)c2)c2cccc3ccccc23)cc(C)c1N1C(=O)C=CC1=O. The number of rotatable bonds is 5. The number of fused-ring (bicyclic) bond motifs is 1. The van der Waals surface area contributed by atoms with Gasteiger partial charge in [0.05, 0.1) is 11.4 Å².